The number of anilines is 1. The van der Waals surface area contributed by atoms with Crippen LogP contribution in [0, 0.1) is 0 Å². The van der Waals surface area contributed by atoms with Gasteiger partial charge in [0.2, 0.25) is 0 Å². The highest BCUT2D eigenvalue weighted by atomic mass is 79.9. The molecule has 0 aliphatic rings. The molecule has 0 bridgehead atoms. The molecule has 0 radical (unpaired) electrons. The van der Waals surface area contributed by atoms with Crippen molar-refractivity contribution in [2.75, 3.05) is 12.4 Å². The number of carbonyl (C=O) groups excluding carboxylic acids is 1. The molecule has 0 atom stereocenters. The van der Waals surface area contributed by atoms with Crippen molar-refractivity contribution in [2.24, 2.45) is 0 Å². The summed E-state index contributed by atoms with van der Waals surface area (Å²) in [7, 11) is 1.58. The Kier molecular flexibility index (Phi) is 3.62. The Bertz CT molecular complexity index is 814. The molecule has 0 unspecified atom stereocenters. The van der Waals surface area contributed by atoms with E-state index in [-0.39, 0.29) is 5.91 Å². The van der Waals surface area contributed by atoms with Crippen molar-refractivity contribution in [2.45, 2.75) is 0 Å². The molecular weight excluding hydrogens is 334 g/mol. The van der Waals surface area contributed by atoms with Gasteiger partial charge in [-0.1, -0.05) is 6.07 Å². The number of nitrogens with zero attached hydrogens (tertiary/aromatic N) is 1. The average Bonchev–Trinajstić information content (AvgIpc) is 2.96. The van der Waals surface area contributed by atoms with Crippen molar-refractivity contribution < 1.29 is 9.53 Å². The van der Waals surface area contributed by atoms with E-state index in [4.69, 9.17) is 4.74 Å². The van der Waals surface area contributed by atoms with E-state index in [9.17, 15) is 4.79 Å². The fraction of sp³-hybridized carbons (Fsp3) is 0.0667. The number of methoxy groups -OCH3 is 1. The number of halogens is 1. The quantitative estimate of drug-likeness (QED) is 0.762. The van der Waals surface area contributed by atoms with E-state index in [2.05, 4.69) is 31.4 Å². The second-order valence-electron chi connectivity index (χ2n) is 4.47. The summed E-state index contributed by atoms with van der Waals surface area (Å²) in [5.74, 6) is 0.484. The molecule has 2 N–H and O–H groups in total. The van der Waals surface area contributed by atoms with E-state index in [1.807, 2.05) is 18.2 Å². The third kappa shape index (κ3) is 2.75. The summed E-state index contributed by atoms with van der Waals surface area (Å²) in [5, 5.41) is 10.6. The van der Waals surface area contributed by atoms with Crippen LogP contribution >= 0.6 is 15.9 Å². The number of benzene rings is 2. The highest BCUT2D eigenvalue weighted by Crippen LogP contribution is 2.27. The molecule has 0 aliphatic carbocycles. The summed E-state index contributed by atoms with van der Waals surface area (Å²) in [5.41, 5.74) is 2.04. The van der Waals surface area contributed by atoms with Crippen LogP contribution in [0.3, 0.4) is 0 Å². The lowest BCUT2D eigenvalue weighted by molar-refractivity contribution is 0.102. The van der Waals surface area contributed by atoms with Gasteiger partial charge < -0.3 is 10.1 Å². The molecule has 1 heterocycles. The van der Waals surface area contributed by atoms with E-state index in [1.165, 1.54) is 0 Å². The van der Waals surface area contributed by atoms with Gasteiger partial charge in [0.1, 0.15) is 5.75 Å². The molecule has 0 spiro atoms. The monoisotopic (exact) mass is 345 g/mol. The van der Waals surface area contributed by atoms with Crippen LogP contribution in [0.2, 0.25) is 0 Å². The molecule has 2 aromatic carbocycles. The number of carbonyl (C=O) groups is 1. The van der Waals surface area contributed by atoms with E-state index in [1.54, 1.807) is 31.5 Å². The van der Waals surface area contributed by atoms with Crippen LogP contribution < -0.4 is 10.1 Å². The van der Waals surface area contributed by atoms with Crippen LogP contribution in [0.5, 0.6) is 5.75 Å². The molecule has 6 heteroatoms. The molecule has 1 amide bonds. The zero-order valence-electron chi connectivity index (χ0n) is 11.2. The topological polar surface area (TPSA) is 67.0 Å². The van der Waals surface area contributed by atoms with Gasteiger partial charge in [0.05, 0.1) is 24.5 Å². The van der Waals surface area contributed by atoms with E-state index in [0.717, 1.165) is 15.4 Å². The number of H-pyrrole nitrogens is 1. The summed E-state index contributed by atoms with van der Waals surface area (Å²) in [4.78, 5) is 12.3. The van der Waals surface area contributed by atoms with Crippen LogP contribution in [0.4, 0.5) is 5.69 Å². The van der Waals surface area contributed by atoms with Crippen molar-refractivity contribution >= 4 is 38.4 Å². The molecule has 21 heavy (non-hydrogen) atoms. The second kappa shape index (κ2) is 5.57. The number of ether oxygens (including phenoxy) is 1. The van der Waals surface area contributed by atoms with Crippen molar-refractivity contribution in [3.8, 4) is 5.75 Å². The van der Waals surface area contributed by atoms with Crippen LogP contribution in [0.25, 0.3) is 10.9 Å². The third-order valence-corrected chi connectivity index (χ3v) is 3.82. The minimum atomic E-state index is -0.194. The predicted octanol–water partition coefficient (Wildman–Crippen LogP) is 3.59. The largest absolute Gasteiger partial charge is 0.497 e. The van der Waals surface area contributed by atoms with Gasteiger partial charge in [-0.15, -0.1) is 0 Å². The standard InChI is InChI=1S/C15H12BrN3O2/c1-21-11-4-5-12(16)14(7-11)18-15(20)9-2-3-10-8-17-19-13(10)6-9/h2-8H,1H3,(H,17,19)(H,18,20). The summed E-state index contributed by atoms with van der Waals surface area (Å²) < 4.78 is 5.95. The zero-order chi connectivity index (χ0) is 14.8. The lowest BCUT2D eigenvalue weighted by atomic mass is 10.1. The zero-order valence-corrected chi connectivity index (χ0v) is 12.8. The number of nitrogens with one attached hydrogen (secondary N) is 2. The van der Waals surface area contributed by atoms with Crippen molar-refractivity contribution in [1.82, 2.24) is 10.2 Å². The summed E-state index contributed by atoms with van der Waals surface area (Å²) in [6, 6.07) is 10.8. The Morgan fingerprint density at radius 2 is 2.14 bits per heavy atom. The predicted molar refractivity (Wildman–Crippen MR) is 84.7 cm³/mol. The van der Waals surface area contributed by atoms with E-state index < -0.39 is 0 Å². The van der Waals surface area contributed by atoms with E-state index in [0.29, 0.717) is 17.0 Å². The first-order valence-corrected chi connectivity index (χ1v) is 7.05. The molecule has 106 valence electrons. The van der Waals surface area contributed by atoms with Gasteiger partial charge in [-0.05, 0) is 40.2 Å². The number of rotatable bonds is 3. The van der Waals surface area contributed by atoms with Crippen LogP contribution in [-0.2, 0) is 0 Å². The van der Waals surface area contributed by atoms with Crippen LogP contribution in [0.1, 0.15) is 10.4 Å². The summed E-state index contributed by atoms with van der Waals surface area (Å²) in [6.45, 7) is 0. The van der Waals surface area contributed by atoms with Gasteiger partial charge in [-0.3, -0.25) is 9.89 Å². The molecule has 0 fully saturated rings. The van der Waals surface area contributed by atoms with Crippen molar-refractivity contribution in [1.29, 1.82) is 0 Å². The lowest BCUT2D eigenvalue weighted by Gasteiger charge is -2.09. The minimum absolute atomic E-state index is 0.194. The molecule has 1 aromatic heterocycles. The SMILES string of the molecule is COc1ccc(Br)c(NC(=O)c2ccc3cn[nH]c3c2)c1. The Hall–Kier alpha value is -2.34. The number of hydrogen-bond acceptors (Lipinski definition) is 3. The summed E-state index contributed by atoms with van der Waals surface area (Å²) >= 11 is 3.41. The molecule has 3 aromatic rings. The van der Waals surface area contributed by atoms with Gasteiger partial charge in [0.15, 0.2) is 0 Å². The molecule has 0 saturated carbocycles. The Morgan fingerprint density at radius 3 is 2.95 bits per heavy atom. The van der Waals surface area contributed by atoms with Crippen molar-refractivity contribution in [3.05, 3.63) is 52.6 Å². The highest BCUT2D eigenvalue weighted by Gasteiger charge is 2.10. The molecule has 5 nitrogen and oxygen atoms in total. The van der Waals surface area contributed by atoms with Gasteiger partial charge in [0, 0.05) is 21.5 Å². The fourth-order valence-corrected chi connectivity index (χ4v) is 2.35. The summed E-state index contributed by atoms with van der Waals surface area (Å²) in [6.07, 6.45) is 1.72. The van der Waals surface area contributed by atoms with E-state index >= 15 is 0 Å². The Morgan fingerprint density at radius 1 is 1.29 bits per heavy atom. The number of amides is 1. The van der Waals surface area contributed by atoms with Crippen LogP contribution in [-0.4, -0.2) is 23.2 Å². The fourth-order valence-electron chi connectivity index (χ4n) is 2.00. The first-order valence-electron chi connectivity index (χ1n) is 6.25. The highest BCUT2D eigenvalue weighted by molar-refractivity contribution is 9.10. The molecule has 0 aliphatic heterocycles. The number of hydrogen-bond donors (Lipinski definition) is 2. The first-order chi connectivity index (χ1) is 10.2. The first kappa shape index (κ1) is 13.6. The number of fused-ring (bicyclic) bond motifs is 1. The molecule has 3 rings (SSSR count). The number of aromatic nitrogens is 2. The average molecular weight is 346 g/mol. The van der Waals surface area contributed by atoms with Gasteiger partial charge in [-0.25, -0.2) is 0 Å². The minimum Gasteiger partial charge on any atom is -0.497 e. The maximum Gasteiger partial charge on any atom is 0.255 e. The van der Waals surface area contributed by atoms with Gasteiger partial charge in [0.25, 0.3) is 5.91 Å². The van der Waals surface area contributed by atoms with Crippen molar-refractivity contribution in [3.63, 3.8) is 0 Å². The maximum atomic E-state index is 12.3. The lowest BCUT2D eigenvalue weighted by Crippen LogP contribution is -2.12. The molecular formula is C15H12BrN3O2. The maximum absolute atomic E-state index is 12.3. The van der Waals surface area contributed by atoms with Gasteiger partial charge in [-0.2, -0.15) is 5.10 Å². The Balaban J connectivity index is 1.88. The normalized spacial score (nSPS) is 10.6. The number of aromatic amines is 1. The molecule has 0 saturated heterocycles. The second-order valence-corrected chi connectivity index (χ2v) is 5.33. The third-order valence-electron chi connectivity index (χ3n) is 3.13. The Labute approximate surface area is 129 Å². The smallest absolute Gasteiger partial charge is 0.255 e. The van der Waals surface area contributed by atoms with Gasteiger partial charge >= 0.3 is 0 Å². The van der Waals surface area contributed by atoms with Crippen LogP contribution in [0.15, 0.2) is 47.1 Å².